The number of carbonyl (C=O) groups is 2. The van der Waals surface area contributed by atoms with Crippen LogP contribution in [0.2, 0.25) is 0 Å². The quantitative estimate of drug-likeness (QED) is 0.821. The molecule has 0 aliphatic carbocycles. The Kier molecular flexibility index (Phi) is 6.08. The SMILES string of the molecule is COCCN(CC(=O)O)C(=O)N1[C@H](C)CCC[C@@H]1C. The number of amides is 2. The summed E-state index contributed by atoms with van der Waals surface area (Å²) in [6.45, 7) is 4.40. The summed E-state index contributed by atoms with van der Waals surface area (Å²) in [7, 11) is 1.54. The molecule has 0 aromatic carbocycles. The van der Waals surface area contributed by atoms with E-state index in [-0.39, 0.29) is 24.7 Å². The van der Waals surface area contributed by atoms with Crippen molar-refractivity contribution in [2.45, 2.75) is 45.2 Å². The van der Waals surface area contributed by atoms with Crippen LogP contribution in [0.1, 0.15) is 33.1 Å². The fraction of sp³-hybridized carbons (Fsp3) is 0.846. The summed E-state index contributed by atoms with van der Waals surface area (Å²) in [5.41, 5.74) is 0. The summed E-state index contributed by atoms with van der Waals surface area (Å²) in [5.74, 6) is -0.998. The predicted molar refractivity (Wildman–Crippen MR) is 71.1 cm³/mol. The molecule has 0 unspecified atom stereocenters. The van der Waals surface area contributed by atoms with E-state index in [0.717, 1.165) is 19.3 Å². The molecule has 0 spiro atoms. The van der Waals surface area contributed by atoms with Gasteiger partial charge in [-0.25, -0.2) is 4.79 Å². The fourth-order valence-electron chi connectivity index (χ4n) is 2.57. The molecule has 0 aromatic rings. The second-order valence-corrected chi connectivity index (χ2v) is 5.13. The van der Waals surface area contributed by atoms with Crippen LogP contribution in [0.15, 0.2) is 0 Å². The molecule has 0 saturated carbocycles. The monoisotopic (exact) mass is 272 g/mol. The van der Waals surface area contributed by atoms with Crippen molar-refractivity contribution in [2.75, 3.05) is 26.8 Å². The molecule has 6 heteroatoms. The first kappa shape index (κ1) is 15.8. The van der Waals surface area contributed by atoms with Gasteiger partial charge in [0.2, 0.25) is 0 Å². The number of urea groups is 1. The molecule has 6 nitrogen and oxygen atoms in total. The Morgan fingerprint density at radius 1 is 1.32 bits per heavy atom. The number of carboxylic acid groups (broad SMARTS) is 1. The van der Waals surface area contributed by atoms with Gasteiger partial charge in [0.05, 0.1) is 6.61 Å². The summed E-state index contributed by atoms with van der Waals surface area (Å²) >= 11 is 0. The molecule has 1 saturated heterocycles. The van der Waals surface area contributed by atoms with Crippen LogP contribution in [0.4, 0.5) is 4.79 Å². The van der Waals surface area contributed by atoms with Crippen molar-refractivity contribution in [2.24, 2.45) is 0 Å². The second kappa shape index (κ2) is 7.33. The molecule has 1 aliphatic rings. The molecule has 110 valence electrons. The van der Waals surface area contributed by atoms with Crippen LogP contribution < -0.4 is 0 Å². The Hall–Kier alpha value is -1.30. The lowest BCUT2D eigenvalue weighted by atomic mass is 9.98. The van der Waals surface area contributed by atoms with E-state index in [4.69, 9.17) is 9.84 Å². The van der Waals surface area contributed by atoms with Crippen molar-refractivity contribution in [3.8, 4) is 0 Å². The zero-order chi connectivity index (χ0) is 14.4. The van der Waals surface area contributed by atoms with Crippen LogP contribution in [0, 0.1) is 0 Å². The highest BCUT2D eigenvalue weighted by molar-refractivity contribution is 5.80. The van der Waals surface area contributed by atoms with E-state index in [1.54, 1.807) is 0 Å². The van der Waals surface area contributed by atoms with Crippen LogP contribution >= 0.6 is 0 Å². The van der Waals surface area contributed by atoms with Gasteiger partial charge in [-0.15, -0.1) is 0 Å². The Morgan fingerprint density at radius 2 is 1.89 bits per heavy atom. The lowest BCUT2D eigenvalue weighted by Gasteiger charge is -2.41. The van der Waals surface area contributed by atoms with Crippen molar-refractivity contribution in [1.82, 2.24) is 9.80 Å². The molecule has 1 rings (SSSR count). The van der Waals surface area contributed by atoms with Gasteiger partial charge in [-0.3, -0.25) is 4.79 Å². The maximum atomic E-state index is 12.5. The molecule has 1 N–H and O–H groups in total. The topological polar surface area (TPSA) is 70.1 Å². The number of carboxylic acids is 1. The smallest absolute Gasteiger partial charge is 0.323 e. The van der Waals surface area contributed by atoms with Gasteiger partial charge in [-0.05, 0) is 33.1 Å². The third-order valence-electron chi connectivity index (χ3n) is 3.58. The second-order valence-electron chi connectivity index (χ2n) is 5.13. The number of likely N-dealkylation sites (tertiary alicyclic amines) is 1. The standard InChI is InChI=1S/C13H24N2O4/c1-10-5-4-6-11(2)15(10)13(18)14(7-8-19-3)9-12(16)17/h10-11H,4-9H2,1-3H3,(H,16,17)/t10-,11+. The van der Waals surface area contributed by atoms with Gasteiger partial charge >= 0.3 is 12.0 Å². The van der Waals surface area contributed by atoms with E-state index >= 15 is 0 Å². The van der Waals surface area contributed by atoms with Crippen molar-refractivity contribution >= 4 is 12.0 Å². The van der Waals surface area contributed by atoms with E-state index in [0.29, 0.717) is 13.2 Å². The third kappa shape index (κ3) is 4.38. The molecule has 1 heterocycles. The summed E-state index contributed by atoms with van der Waals surface area (Å²) < 4.78 is 4.94. The summed E-state index contributed by atoms with van der Waals surface area (Å²) in [6, 6.07) is 0.129. The molecule has 0 bridgehead atoms. The van der Waals surface area contributed by atoms with Gasteiger partial charge in [-0.1, -0.05) is 0 Å². The van der Waals surface area contributed by atoms with Crippen LogP contribution in [0.5, 0.6) is 0 Å². The number of hydrogen-bond acceptors (Lipinski definition) is 3. The number of nitrogens with zero attached hydrogens (tertiary/aromatic N) is 2. The average Bonchev–Trinajstić information content (AvgIpc) is 2.33. The number of carbonyl (C=O) groups excluding carboxylic acids is 1. The Balaban J connectivity index is 2.75. The highest BCUT2D eigenvalue weighted by Gasteiger charge is 2.32. The highest BCUT2D eigenvalue weighted by Crippen LogP contribution is 2.23. The molecule has 1 aliphatic heterocycles. The van der Waals surface area contributed by atoms with Crippen molar-refractivity contribution < 1.29 is 19.4 Å². The number of aliphatic carboxylic acids is 1. The van der Waals surface area contributed by atoms with Gasteiger partial charge in [0, 0.05) is 25.7 Å². The predicted octanol–water partition coefficient (Wildman–Crippen LogP) is 1.40. The number of ether oxygens (including phenoxy) is 1. The number of methoxy groups -OCH3 is 1. The lowest BCUT2D eigenvalue weighted by molar-refractivity contribution is -0.138. The van der Waals surface area contributed by atoms with Crippen LogP contribution in [-0.4, -0.2) is 65.8 Å². The van der Waals surface area contributed by atoms with Crippen LogP contribution in [-0.2, 0) is 9.53 Å². The largest absolute Gasteiger partial charge is 0.480 e. The van der Waals surface area contributed by atoms with Gasteiger partial charge in [-0.2, -0.15) is 0 Å². The van der Waals surface area contributed by atoms with E-state index < -0.39 is 5.97 Å². The molecule has 2 atom stereocenters. The molecule has 19 heavy (non-hydrogen) atoms. The summed E-state index contributed by atoms with van der Waals surface area (Å²) in [4.78, 5) is 26.5. The number of rotatable bonds is 5. The van der Waals surface area contributed by atoms with E-state index in [2.05, 4.69) is 0 Å². The molecule has 0 aromatic heterocycles. The Labute approximate surface area is 114 Å². The molecular formula is C13H24N2O4. The van der Waals surface area contributed by atoms with Gasteiger partial charge in [0.1, 0.15) is 6.54 Å². The molecular weight excluding hydrogens is 248 g/mol. The maximum absolute atomic E-state index is 12.5. The highest BCUT2D eigenvalue weighted by atomic mass is 16.5. The molecule has 2 amide bonds. The van der Waals surface area contributed by atoms with E-state index in [1.165, 1.54) is 12.0 Å². The minimum Gasteiger partial charge on any atom is -0.480 e. The third-order valence-corrected chi connectivity index (χ3v) is 3.58. The average molecular weight is 272 g/mol. The van der Waals surface area contributed by atoms with Gasteiger partial charge < -0.3 is 19.6 Å². The Bertz CT molecular complexity index is 312. The summed E-state index contributed by atoms with van der Waals surface area (Å²) in [5, 5.41) is 8.91. The fourth-order valence-corrected chi connectivity index (χ4v) is 2.57. The van der Waals surface area contributed by atoms with Gasteiger partial charge in [0.25, 0.3) is 0 Å². The lowest BCUT2D eigenvalue weighted by Crippen LogP contribution is -2.54. The number of piperidine rings is 1. The first-order valence-corrected chi connectivity index (χ1v) is 6.75. The van der Waals surface area contributed by atoms with Crippen molar-refractivity contribution in [3.63, 3.8) is 0 Å². The van der Waals surface area contributed by atoms with Crippen LogP contribution in [0.3, 0.4) is 0 Å². The van der Waals surface area contributed by atoms with Crippen molar-refractivity contribution in [1.29, 1.82) is 0 Å². The normalized spacial score (nSPS) is 23.2. The van der Waals surface area contributed by atoms with Gasteiger partial charge in [0.15, 0.2) is 0 Å². The first-order chi connectivity index (χ1) is 8.97. The summed E-state index contributed by atoms with van der Waals surface area (Å²) in [6.07, 6.45) is 3.06. The number of hydrogen-bond donors (Lipinski definition) is 1. The van der Waals surface area contributed by atoms with Crippen LogP contribution in [0.25, 0.3) is 0 Å². The molecule has 1 fully saturated rings. The Morgan fingerprint density at radius 3 is 2.37 bits per heavy atom. The zero-order valence-electron chi connectivity index (χ0n) is 12.0. The minimum absolute atomic E-state index is 0.162. The molecule has 0 radical (unpaired) electrons. The van der Waals surface area contributed by atoms with Crippen molar-refractivity contribution in [3.05, 3.63) is 0 Å². The minimum atomic E-state index is -0.998. The van der Waals surface area contributed by atoms with E-state index in [1.807, 2.05) is 18.7 Å². The van der Waals surface area contributed by atoms with E-state index in [9.17, 15) is 9.59 Å². The maximum Gasteiger partial charge on any atom is 0.323 e. The zero-order valence-corrected chi connectivity index (χ0v) is 12.0. The first-order valence-electron chi connectivity index (χ1n) is 6.75.